The first-order valence-electron chi connectivity index (χ1n) is 10.9. The minimum atomic E-state index is 0.0672. The van der Waals surface area contributed by atoms with Gasteiger partial charge in [-0.15, -0.1) is 0 Å². The third-order valence-electron chi connectivity index (χ3n) is 5.57. The average molecular weight is 390 g/mol. The third-order valence-corrected chi connectivity index (χ3v) is 5.57. The minimum absolute atomic E-state index is 0.0672. The summed E-state index contributed by atoms with van der Waals surface area (Å²) in [6.45, 7) is 9.92. The molecule has 1 aromatic rings. The number of nitrogens with zero attached hydrogens (tertiary/aromatic N) is 3. The number of carbonyl (C=O) groups excluding carboxylic acids is 2. The Morgan fingerprint density at radius 1 is 1.07 bits per heavy atom. The number of aryl methyl sites for hydroxylation is 1. The molecule has 158 valence electrons. The smallest absolute Gasteiger partial charge is 0.242 e. The molecule has 0 unspecified atom stereocenters. The molecule has 1 aromatic heterocycles. The molecule has 28 heavy (non-hydrogen) atoms. The predicted octanol–water partition coefficient (Wildman–Crippen LogP) is 4.22. The Morgan fingerprint density at radius 3 is 2.29 bits per heavy atom. The van der Waals surface area contributed by atoms with E-state index in [2.05, 4.69) is 38.3 Å². The highest BCUT2D eigenvalue weighted by molar-refractivity contribution is 5.85. The molecular weight excluding hydrogens is 350 g/mol. The highest BCUT2D eigenvalue weighted by Crippen LogP contribution is 2.24. The van der Waals surface area contributed by atoms with Crippen LogP contribution in [0.25, 0.3) is 0 Å². The molecule has 0 aliphatic heterocycles. The summed E-state index contributed by atoms with van der Waals surface area (Å²) in [7, 11) is 2.01. The van der Waals surface area contributed by atoms with Crippen LogP contribution in [0.1, 0.15) is 71.9 Å². The van der Waals surface area contributed by atoms with Gasteiger partial charge in [0.2, 0.25) is 11.8 Å². The molecule has 2 rings (SSSR count). The molecule has 5 nitrogen and oxygen atoms in total. The number of hydrogen-bond acceptors (Lipinski definition) is 2. The zero-order chi connectivity index (χ0) is 20.7. The van der Waals surface area contributed by atoms with Crippen LogP contribution in [0.15, 0.2) is 18.3 Å². The van der Waals surface area contributed by atoms with Gasteiger partial charge in [-0.3, -0.25) is 9.59 Å². The van der Waals surface area contributed by atoms with E-state index >= 15 is 0 Å². The molecule has 1 aliphatic carbocycles. The summed E-state index contributed by atoms with van der Waals surface area (Å²) in [5.74, 6) is 0.902. The van der Waals surface area contributed by atoms with E-state index in [0.717, 1.165) is 31.4 Å². The number of carbonyl (C=O) groups is 2. The van der Waals surface area contributed by atoms with Gasteiger partial charge in [-0.25, -0.2) is 0 Å². The zero-order valence-electron chi connectivity index (χ0n) is 18.5. The van der Waals surface area contributed by atoms with Crippen molar-refractivity contribution in [3.05, 3.63) is 24.0 Å². The number of amides is 2. The molecule has 0 bridgehead atoms. The number of rotatable bonds is 9. The maximum Gasteiger partial charge on any atom is 0.242 e. The Labute approximate surface area is 171 Å². The Balaban J connectivity index is 2.14. The summed E-state index contributed by atoms with van der Waals surface area (Å²) in [5, 5.41) is 0. The van der Waals surface area contributed by atoms with E-state index in [0.29, 0.717) is 31.3 Å². The Morgan fingerprint density at radius 2 is 1.75 bits per heavy atom. The lowest BCUT2D eigenvalue weighted by Gasteiger charge is -2.36. The van der Waals surface area contributed by atoms with Crippen molar-refractivity contribution in [2.45, 2.75) is 78.8 Å². The Hall–Kier alpha value is -1.78. The van der Waals surface area contributed by atoms with E-state index in [1.54, 1.807) is 0 Å². The SMILES string of the molecule is CC(C)CC(=O)N(CC(=O)N(Cc1cccn1C)CC(C)C)C1CCCCC1. The molecule has 0 N–H and O–H groups in total. The van der Waals surface area contributed by atoms with Crippen LogP contribution in [0, 0.1) is 11.8 Å². The summed E-state index contributed by atoms with van der Waals surface area (Å²) in [5.41, 5.74) is 1.12. The first-order chi connectivity index (χ1) is 13.3. The maximum atomic E-state index is 13.3. The molecule has 0 spiro atoms. The van der Waals surface area contributed by atoms with Crippen molar-refractivity contribution in [3.8, 4) is 0 Å². The van der Waals surface area contributed by atoms with Crippen LogP contribution < -0.4 is 0 Å². The highest BCUT2D eigenvalue weighted by Gasteiger charge is 2.29. The summed E-state index contributed by atoms with van der Waals surface area (Å²) in [6, 6.07) is 4.29. The zero-order valence-corrected chi connectivity index (χ0v) is 18.5. The summed E-state index contributed by atoms with van der Waals surface area (Å²) in [6.07, 6.45) is 8.13. The number of aromatic nitrogens is 1. The second-order valence-electron chi connectivity index (χ2n) is 9.19. The molecule has 1 aliphatic rings. The van der Waals surface area contributed by atoms with Crippen LogP contribution in [0.3, 0.4) is 0 Å². The van der Waals surface area contributed by atoms with Crippen molar-refractivity contribution >= 4 is 11.8 Å². The molecule has 1 fully saturated rings. The maximum absolute atomic E-state index is 13.3. The molecule has 0 aromatic carbocycles. The molecule has 1 heterocycles. The summed E-state index contributed by atoms with van der Waals surface area (Å²) < 4.78 is 2.06. The molecular formula is C23H39N3O2. The number of hydrogen-bond donors (Lipinski definition) is 0. The van der Waals surface area contributed by atoms with E-state index in [9.17, 15) is 9.59 Å². The van der Waals surface area contributed by atoms with Gasteiger partial charge >= 0.3 is 0 Å². The second-order valence-corrected chi connectivity index (χ2v) is 9.19. The Kier molecular flexibility index (Phi) is 8.58. The van der Waals surface area contributed by atoms with E-state index in [1.165, 1.54) is 6.42 Å². The molecule has 0 atom stereocenters. The fourth-order valence-electron chi connectivity index (χ4n) is 4.08. The lowest BCUT2D eigenvalue weighted by Crippen LogP contribution is -2.49. The van der Waals surface area contributed by atoms with Crippen molar-refractivity contribution in [1.29, 1.82) is 0 Å². The second kappa shape index (κ2) is 10.7. The molecule has 1 saturated carbocycles. The van der Waals surface area contributed by atoms with Crippen LogP contribution in [0.5, 0.6) is 0 Å². The fraction of sp³-hybridized carbons (Fsp3) is 0.739. The van der Waals surface area contributed by atoms with Gasteiger partial charge in [-0.2, -0.15) is 0 Å². The largest absolute Gasteiger partial charge is 0.353 e. The van der Waals surface area contributed by atoms with Gasteiger partial charge in [-0.1, -0.05) is 47.0 Å². The van der Waals surface area contributed by atoms with Gasteiger partial charge < -0.3 is 14.4 Å². The van der Waals surface area contributed by atoms with Gasteiger partial charge in [-0.05, 0) is 36.8 Å². The van der Waals surface area contributed by atoms with Crippen LogP contribution in [0.2, 0.25) is 0 Å². The van der Waals surface area contributed by atoms with E-state index < -0.39 is 0 Å². The predicted molar refractivity (Wildman–Crippen MR) is 114 cm³/mol. The van der Waals surface area contributed by atoms with Gasteiger partial charge in [0.05, 0.1) is 6.54 Å². The Bertz CT molecular complexity index is 630. The van der Waals surface area contributed by atoms with Crippen molar-refractivity contribution in [3.63, 3.8) is 0 Å². The van der Waals surface area contributed by atoms with Crippen molar-refractivity contribution < 1.29 is 9.59 Å². The van der Waals surface area contributed by atoms with Crippen LogP contribution >= 0.6 is 0 Å². The van der Waals surface area contributed by atoms with Gasteiger partial charge in [0.15, 0.2) is 0 Å². The molecule has 0 radical (unpaired) electrons. The lowest BCUT2D eigenvalue weighted by atomic mass is 9.93. The van der Waals surface area contributed by atoms with Gasteiger partial charge in [0, 0.05) is 37.9 Å². The van der Waals surface area contributed by atoms with Crippen LogP contribution in [-0.2, 0) is 23.2 Å². The van der Waals surface area contributed by atoms with E-state index in [-0.39, 0.29) is 24.4 Å². The van der Waals surface area contributed by atoms with Crippen LogP contribution in [-0.4, -0.2) is 45.3 Å². The molecule has 0 saturated heterocycles. The van der Waals surface area contributed by atoms with Crippen LogP contribution in [0.4, 0.5) is 0 Å². The lowest BCUT2D eigenvalue weighted by molar-refractivity contribution is -0.144. The molecule has 5 heteroatoms. The third kappa shape index (κ3) is 6.68. The molecule has 2 amide bonds. The van der Waals surface area contributed by atoms with Crippen molar-refractivity contribution in [1.82, 2.24) is 14.4 Å². The normalized spacial score (nSPS) is 15.2. The standard InChI is InChI=1S/C23H39N3O2/c1-18(2)14-22(27)26(20-10-7-6-8-11-20)17-23(28)25(15-19(3)4)16-21-12-9-13-24(21)5/h9,12-13,18-20H,6-8,10-11,14-17H2,1-5H3. The summed E-state index contributed by atoms with van der Waals surface area (Å²) >= 11 is 0. The average Bonchev–Trinajstić information content (AvgIpc) is 3.03. The first kappa shape index (κ1) is 22.5. The van der Waals surface area contributed by atoms with Gasteiger partial charge in [0.1, 0.15) is 6.54 Å². The minimum Gasteiger partial charge on any atom is -0.353 e. The van der Waals surface area contributed by atoms with Gasteiger partial charge in [0.25, 0.3) is 0 Å². The van der Waals surface area contributed by atoms with E-state index in [4.69, 9.17) is 0 Å². The monoisotopic (exact) mass is 389 g/mol. The first-order valence-corrected chi connectivity index (χ1v) is 10.9. The fourth-order valence-corrected chi connectivity index (χ4v) is 4.08. The van der Waals surface area contributed by atoms with Crippen molar-refractivity contribution in [2.75, 3.05) is 13.1 Å². The van der Waals surface area contributed by atoms with E-state index in [1.807, 2.05) is 29.1 Å². The van der Waals surface area contributed by atoms with Crippen molar-refractivity contribution in [2.24, 2.45) is 18.9 Å². The highest BCUT2D eigenvalue weighted by atomic mass is 16.2. The quantitative estimate of drug-likeness (QED) is 0.635. The summed E-state index contributed by atoms with van der Waals surface area (Å²) in [4.78, 5) is 30.1. The topological polar surface area (TPSA) is 45.6 Å².